The molecule has 0 unspecified atom stereocenters. The van der Waals surface area contributed by atoms with Crippen LogP contribution in [0.2, 0.25) is 0 Å². The van der Waals surface area contributed by atoms with Crippen LogP contribution in [0.25, 0.3) is 0 Å². The van der Waals surface area contributed by atoms with Gasteiger partial charge in [0.1, 0.15) is 5.75 Å². The maximum absolute atomic E-state index is 12.2. The number of nitrogens with zero attached hydrogens (tertiary/aromatic N) is 2. The van der Waals surface area contributed by atoms with Crippen LogP contribution in [0, 0.1) is 24.0 Å². The first kappa shape index (κ1) is 16.5. The summed E-state index contributed by atoms with van der Waals surface area (Å²) < 4.78 is 5.59. The molecule has 2 aromatic carbocycles. The third-order valence-corrected chi connectivity index (χ3v) is 3.51. The summed E-state index contributed by atoms with van der Waals surface area (Å²) in [5.74, 6) is 0.304. The van der Waals surface area contributed by atoms with Crippen LogP contribution in [-0.2, 0) is 4.79 Å². The van der Waals surface area contributed by atoms with E-state index in [2.05, 4.69) is 0 Å². The Morgan fingerprint density at radius 1 is 1.17 bits per heavy atom. The fourth-order valence-corrected chi connectivity index (χ4v) is 2.29. The zero-order valence-electron chi connectivity index (χ0n) is 13.3. The van der Waals surface area contributed by atoms with Gasteiger partial charge in [0.15, 0.2) is 6.61 Å². The van der Waals surface area contributed by atoms with Crippen molar-refractivity contribution >= 4 is 17.3 Å². The lowest BCUT2D eigenvalue weighted by Crippen LogP contribution is -2.31. The third kappa shape index (κ3) is 3.85. The summed E-state index contributed by atoms with van der Waals surface area (Å²) in [5, 5.41) is 10.8. The smallest absolute Gasteiger partial charge is 0.270 e. The molecule has 0 heterocycles. The van der Waals surface area contributed by atoms with Gasteiger partial charge in [-0.05, 0) is 37.1 Å². The summed E-state index contributed by atoms with van der Waals surface area (Å²) >= 11 is 0. The van der Waals surface area contributed by atoms with Gasteiger partial charge in [0.25, 0.3) is 11.6 Å². The van der Waals surface area contributed by atoms with Crippen molar-refractivity contribution in [2.24, 2.45) is 0 Å². The highest BCUT2D eigenvalue weighted by Gasteiger charge is 2.16. The molecule has 0 aliphatic heterocycles. The van der Waals surface area contributed by atoms with Crippen molar-refractivity contribution in [3.8, 4) is 5.75 Å². The molecule has 0 fully saturated rings. The number of hydrogen-bond acceptors (Lipinski definition) is 4. The number of carbonyl (C=O) groups excluding carboxylic acids is 1. The Labute approximate surface area is 134 Å². The standard InChI is InChI=1S/C17H18N2O4/c1-12-9-15(19(21)22)10-13(2)17(12)23-11-16(20)18(3)14-7-5-4-6-8-14/h4-10H,11H2,1-3H3. The Morgan fingerprint density at radius 3 is 2.26 bits per heavy atom. The molecule has 23 heavy (non-hydrogen) atoms. The number of aryl methyl sites for hydroxylation is 2. The molecular formula is C17H18N2O4. The minimum atomic E-state index is -0.446. The normalized spacial score (nSPS) is 10.2. The number of likely N-dealkylation sites (N-methyl/N-ethyl adjacent to an activating group) is 1. The summed E-state index contributed by atoms with van der Waals surface area (Å²) in [7, 11) is 1.68. The van der Waals surface area contributed by atoms with Crippen LogP contribution in [0.5, 0.6) is 5.75 Å². The van der Waals surface area contributed by atoms with Crippen LogP contribution in [0.4, 0.5) is 11.4 Å². The molecule has 0 N–H and O–H groups in total. The first-order valence-corrected chi connectivity index (χ1v) is 7.10. The first-order valence-electron chi connectivity index (χ1n) is 7.10. The summed E-state index contributed by atoms with van der Waals surface area (Å²) in [4.78, 5) is 24.1. The first-order chi connectivity index (χ1) is 10.9. The molecule has 0 saturated heterocycles. The third-order valence-electron chi connectivity index (χ3n) is 3.51. The Balaban J connectivity index is 2.09. The molecule has 2 rings (SSSR count). The second-order valence-corrected chi connectivity index (χ2v) is 5.24. The van der Waals surface area contributed by atoms with Crippen molar-refractivity contribution in [1.82, 2.24) is 0 Å². The van der Waals surface area contributed by atoms with Gasteiger partial charge in [-0.2, -0.15) is 0 Å². The van der Waals surface area contributed by atoms with E-state index in [1.807, 2.05) is 30.3 Å². The van der Waals surface area contributed by atoms with Crippen molar-refractivity contribution in [2.45, 2.75) is 13.8 Å². The van der Waals surface area contributed by atoms with E-state index in [0.29, 0.717) is 16.9 Å². The fourth-order valence-electron chi connectivity index (χ4n) is 2.29. The monoisotopic (exact) mass is 314 g/mol. The van der Waals surface area contributed by atoms with Gasteiger partial charge in [-0.3, -0.25) is 14.9 Å². The molecule has 6 heteroatoms. The van der Waals surface area contributed by atoms with E-state index < -0.39 is 4.92 Å². The number of carbonyl (C=O) groups is 1. The molecule has 2 aromatic rings. The van der Waals surface area contributed by atoms with Crippen LogP contribution in [0.3, 0.4) is 0 Å². The largest absolute Gasteiger partial charge is 0.483 e. The predicted molar refractivity (Wildman–Crippen MR) is 87.9 cm³/mol. The maximum Gasteiger partial charge on any atom is 0.270 e. The van der Waals surface area contributed by atoms with E-state index in [4.69, 9.17) is 4.74 Å². The Morgan fingerprint density at radius 2 is 1.74 bits per heavy atom. The fraction of sp³-hybridized carbons (Fsp3) is 0.235. The van der Waals surface area contributed by atoms with Crippen molar-refractivity contribution in [3.63, 3.8) is 0 Å². The van der Waals surface area contributed by atoms with Crippen LogP contribution < -0.4 is 9.64 Å². The minimum absolute atomic E-state index is 0.0140. The molecule has 0 atom stereocenters. The van der Waals surface area contributed by atoms with Crippen LogP contribution in [-0.4, -0.2) is 24.5 Å². The van der Waals surface area contributed by atoms with E-state index in [0.717, 1.165) is 5.69 Å². The number of benzene rings is 2. The van der Waals surface area contributed by atoms with Gasteiger partial charge in [0, 0.05) is 24.9 Å². The summed E-state index contributed by atoms with van der Waals surface area (Å²) in [6, 6.07) is 12.1. The van der Waals surface area contributed by atoms with Crippen LogP contribution in [0.1, 0.15) is 11.1 Å². The van der Waals surface area contributed by atoms with Crippen LogP contribution in [0.15, 0.2) is 42.5 Å². The topological polar surface area (TPSA) is 72.7 Å². The number of hydrogen-bond donors (Lipinski definition) is 0. The number of amides is 1. The van der Waals surface area contributed by atoms with Gasteiger partial charge in [-0.1, -0.05) is 18.2 Å². The van der Waals surface area contributed by atoms with Crippen molar-refractivity contribution in [2.75, 3.05) is 18.6 Å². The van der Waals surface area contributed by atoms with Crippen molar-refractivity contribution in [1.29, 1.82) is 0 Å². The Kier molecular flexibility index (Phi) is 4.95. The molecular weight excluding hydrogens is 296 g/mol. The molecule has 1 amide bonds. The van der Waals surface area contributed by atoms with Gasteiger partial charge in [-0.15, -0.1) is 0 Å². The highest BCUT2D eigenvalue weighted by molar-refractivity contribution is 5.93. The minimum Gasteiger partial charge on any atom is -0.483 e. The maximum atomic E-state index is 12.2. The van der Waals surface area contributed by atoms with Crippen LogP contribution >= 0.6 is 0 Å². The molecule has 6 nitrogen and oxygen atoms in total. The van der Waals surface area contributed by atoms with Gasteiger partial charge < -0.3 is 9.64 Å². The van der Waals surface area contributed by atoms with Gasteiger partial charge in [0.2, 0.25) is 0 Å². The molecule has 0 spiro atoms. The average molecular weight is 314 g/mol. The Bertz CT molecular complexity index is 706. The number of para-hydroxylation sites is 1. The number of nitro benzene ring substituents is 1. The lowest BCUT2D eigenvalue weighted by molar-refractivity contribution is -0.385. The van der Waals surface area contributed by atoms with E-state index in [9.17, 15) is 14.9 Å². The van der Waals surface area contributed by atoms with Crippen molar-refractivity contribution in [3.05, 3.63) is 63.7 Å². The average Bonchev–Trinajstić information content (AvgIpc) is 2.53. The van der Waals surface area contributed by atoms with Gasteiger partial charge >= 0.3 is 0 Å². The van der Waals surface area contributed by atoms with E-state index in [1.54, 1.807) is 20.9 Å². The molecule has 120 valence electrons. The summed E-state index contributed by atoms with van der Waals surface area (Å²) in [6.07, 6.45) is 0. The van der Waals surface area contributed by atoms with Gasteiger partial charge in [0.05, 0.1) is 4.92 Å². The predicted octanol–water partition coefficient (Wildman–Crippen LogP) is 3.25. The molecule has 0 radical (unpaired) electrons. The number of nitro groups is 1. The molecule has 0 saturated carbocycles. The molecule has 0 aliphatic carbocycles. The van der Waals surface area contributed by atoms with E-state index in [1.165, 1.54) is 17.0 Å². The molecule has 0 aromatic heterocycles. The Hall–Kier alpha value is -2.89. The second-order valence-electron chi connectivity index (χ2n) is 5.24. The van der Waals surface area contributed by atoms with Gasteiger partial charge in [-0.25, -0.2) is 0 Å². The zero-order chi connectivity index (χ0) is 17.0. The highest BCUT2D eigenvalue weighted by atomic mass is 16.6. The summed E-state index contributed by atoms with van der Waals surface area (Å²) in [6.45, 7) is 3.31. The quantitative estimate of drug-likeness (QED) is 0.627. The number of non-ortho nitro benzene ring substituents is 1. The zero-order valence-corrected chi connectivity index (χ0v) is 13.3. The lowest BCUT2D eigenvalue weighted by atomic mass is 10.1. The lowest BCUT2D eigenvalue weighted by Gasteiger charge is -2.18. The van der Waals surface area contributed by atoms with Crippen molar-refractivity contribution < 1.29 is 14.5 Å². The van der Waals surface area contributed by atoms with E-state index >= 15 is 0 Å². The van der Waals surface area contributed by atoms with E-state index in [-0.39, 0.29) is 18.2 Å². The molecule has 0 bridgehead atoms. The molecule has 0 aliphatic rings. The number of ether oxygens (including phenoxy) is 1. The number of anilines is 1. The second kappa shape index (κ2) is 6.91. The summed E-state index contributed by atoms with van der Waals surface area (Å²) in [5.41, 5.74) is 2.05. The SMILES string of the molecule is Cc1cc([N+](=O)[O-])cc(C)c1OCC(=O)N(C)c1ccccc1. The number of rotatable bonds is 5. The highest BCUT2D eigenvalue weighted by Crippen LogP contribution is 2.28.